The Balaban J connectivity index is 0. The van der Waals surface area contributed by atoms with E-state index in [0.717, 1.165) is 13.0 Å². The van der Waals surface area contributed by atoms with Gasteiger partial charge in [0.25, 0.3) is 0 Å². The van der Waals surface area contributed by atoms with E-state index in [0.29, 0.717) is 13.2 Å². The van der Waals surface area contributed by atoms with E-state index in [1.165, 1.54) is 6.42 Å². The summed E-state index contributed by atoms with van der Waals surface area (Å²) in [5.74, 6) is 0. The number of ether oxygens (including phenoxy) is 1. The summed E-state index contributed by atoms with van der Waals surface area (Å²) >= 11 is 0. The molecule has 0 aliphatic carbocycles. The topological polar surface area (TPSA) is 35.2 Å². The number of hydrogen-bond donors (Lipinski definition) is 1. The molecule has 0 rings (SSSR count). The largest absolute Gasteiger partial charge is 0.380 e. The monoisotopic (exact) mass is 153 g/mol. The molecule has 0 radical (unpaired) electrons. The van der Waals surface area contributed by atoms with Crippen molar-refractivity contribution in [2.45, 2.75) is 19.8 Å². The van der Waals surface area contributed by atoms with Crippen molar-refractivity contribution in [1.82, 2.24) is 0 Å². The Hall–Kier alpha value is 0.210. The molecule has 3 heteroatoms. The summed E-state index contributed by atoms with van der Waals surface area (Å²) in [5.41, 5.74) is 5.19. The van der Waals surface area contributed by atoms with E-state index in [1.807, 2.05) is 0 Å². The van der Waals surface area contributed by atoms with Crippen LogP contribution in [0.1, 0.15) is 19.8 Å². The van der Waals surface area contributed by atoms with Gasteiger partial charge in [-0.15, -0.1) is 12.4 Å². The van der Waals surface area contributed by atoms with Gasteiger partial charge < -0.3 is 10.5 Å². The molecule has 9 heavy (non-hydrogen) atoms. The second-order valence-corrected chi connectivity index (χ2v) is 1.75. The van der Waals surface area contributed by atoms with Gasteiger partial charge in [0.05, 0.1) is 6.61 Å². The summed E-state index contributed by atoms with van der Waals surface area (Å²) in [6, 6.07) is 0. The molecule has 2 N–H and O–H groups in total. The van der Waals surface area contributed by atoms with Crippen LogP contribution >= 0.6 is 12.4 Å². The first-order valence-corrected chi connectivity index (χ1v) is 3.19. The van der Waals surface area contributed by atoms with E-state index in [2.05, 4.69) is 6.92 Å². The van der Waals surface area contributed by atoms with Crippen LogP contribution in [0.2, 0.25) is 0 Å². The lowest BCUT2D eigenvalue weighted by atomic mass is 10.4. The quantitative estimate of drug-likeness (QED) is 0.603. The zero-order valence-electron chi connectivity index (χ0n) is 5.93. The average Bonchev–Trinajstić information content (AvgIpc) is 1.81. The highest BCUT2D eigenvalue weighted by Gasteiger charge is 1.81. The molecule has 0 aromatic carbocycles. The Morgan fingerprint density at radius 2 is 2.00 bits per heavy atom. The number of unbranched alkanes of at least 4 members (excludes halogenated alkanes) is 1. The van der Waals surface area contributed by atoms with Gasteiger partial charge in [0.1, 0.15) is 0 Å². The van der Waals surface area contributed by atoms with E-state index < -0.39 is 0 Å². The third-order valence-corrected chi connectivity index (χ3v) is 0.904. The molecule has 0 heterocycles. The smallest absolute Gasteiger partial charge is 0.0588 e. The Morgan fingerprint density at radius 3 is 2.44 bits per heavy atom. The van der Waals surface area contributed by atoms with Gasteiger partial charge >= 0.3 is 0 Å². The summed E-state index contributed by atoms with van der Waals surface area (Å²) < 4.78 is 5.10. The molecule has 0 bridgehead atoms. The van der Waals surface area contributed by atoms with Crippen LogP contribution in [0.3, 0.4) is 0 Å². The van der Waals surface area contributed by atoms with Gasteiger partial charge in [0.15, 0.2) is 0 Å². The standard InChI is InChI=1S/C6H15NO.ClH/c1-2-3-5-8-6-4-7;/h2-7H2,1H3;1H. The van der Waals surface area contributed by atoms with Crippen LogP contribution in [0.5, 0.6) is 0 Å². The number of nitrogens with two attached hydrogens (primary N) is 1. The van der Waals surface area contributed by atoms with E-state index in [1.54, 1.807) is 0 Å². The van der Waals surface area contributed by atoms with Gasteiger partial charge in [-0.05, 0) is 6.42 Å². The van der Waals surface area contributed by atoms with Crippen molar-refractivity contribution in [3.63, 3.8) is 0 Å². The third kappa shape index (κ3) is 11.7. The number of rotatable bonds is 5. The van der Waals surface area contributed by atoms with E-state index in [-0.39, 0.29) is 12.4 Å². The molecule has 0 atom stereocenters. The first-order valence-electron chi connectivity index (χ1n) is 3.19. The second kappa shape index (κ2) is 11.1. The van der Waals surface area contributed by atoms with Gasteiger partial charge in [0, 0.05) is 13.2 Å². The maximum absolute atomic E-state index is 5.19. The van der Waals surface area contributed by atoms with Crippen molar-refractivity contribution < 1.29 is 4.74 Å². The lowest BCUT2D eigenvalue weighted by Crippen LogP contribution is -2.08. The zero-order chi connectivity index (χ0) is 6.24. The van der Waals surface area contributed by atoms with Crippen LogP contribution < -0.4 is 5.73 Å². The molecular weight excluding hydrogens is 138 g/mol. The maximum Gasteiger partial charge on any atom is 0.0588 e. The Morgan fingerprint density at radius 1 is 1.33 bits per heavy atom. The minimum Gasteiger partial charge on any atom is -0.380 e. The van der Waals surface area contributed by atoms with Gasteiger partial charge in [0.2, 0.25) is 0 Å². The van der Waals surface area contributed by atoms with Crippen LogP contribution in [-0.4, -0.2) is 19.8 Å². The van der Waals surface area contributed by atoms with Crippen LogP contribution in [0.15, 0.2) is 0 Å². The molecule has 0 aliphatic rings. The Bertz CT molecular complexity index is 38.0. The molecule has 0 aromatic rings. The maximum atomic E-state index is 5.19. The van der Waals surface area contributed by atoms with Gasteiger partial charge in [-0.1, -0.05) is 13.3 Å². The predicted molar refractivity (Wildman–Crippen MR) is 42.0 cm³/mol. The van der Waals surface area contributed by atoms with E-state index >= 15 is 0 Å². The molecule has 0 spiro atoms. The van der Waals surface area contributed by atoms with Crippen LogP contribution in [0.25, 0.3) is 0 Å². The SMILES string of the molecule is CCCCOCCN.Cl. The van der Waals surface area contributed by atoms with Gasteiger partial charge in [-0.2, -0.15) is 0 Å². The van der Waals surface area contributed by atoms with E-state index in [4.69, 9.17) is 10.5 Å². The zero-order valence-corrected chi connectivity index (χ0v) is 6.75. The van der Waals surface area contributed by atoms with Crippen LogP contribution in [0.4, 0.5) is 0 Å². The highest BCUT2D eigenvalue weighted by Crippen LogP contribution is 1.85. The fourth-order valence-electron chi connectivity index (χ4n) is 0.432. The molecular formula is C6H16ClNO. The molecule has 0 amide bonds. The van der Waals surface area contributed by atoms with Crippen molar-refractivity contribution in [2.24, 2.45) is 5.73 Å². The first kappa shape index (κ1) is 11.9. The van der Waals surface area contributed by atoms with Crippen molar-refractivity contribution in [2.75, 3.05) is 19.8 Å². The molecule has 0 unspecified atom stereocenters. The van der Waals surface area contributed by atoms with Crippen LogP contribution in [-0.2, 0) is 4.74 Å². The molecule has 0 aliphatic heterocycles. The van der Waals surface area contributed by atoms with Gasteiger partial charge in [-0.3, -0.25) is 0 Å². The average molecular weight is 154 g/mol. The fraction of sp³-hybridized carbons (Fsp3) is 1.00. The number of halogens is 1. The molecule has 0 fully saturated rings. The van der Waals surface area contributed by atoms with Crippen molar-refractivity contribution >= 4 is 12.4 Å². The molecule has 0 aromatic heterocycles. The summed E-state index contributed by atoms with van der Waals surface area (Å²) in [5, 5.41) is 0. The Labute approximate surface area is 63.2 Å². The fourth-order valence-corrected chi connectivity index (χ4v) is 0.432. The minimum atomic E-state index is 0. The van der Waals surface area contributed by atoms with Crippen molar-refractivity contribution in [3.8, 4) is 0 Å². The van der Waals surface area contributed by atoms with E-state index in [9.17, 15) is 0 Å². The summed E-state index contributed by atoms with van der Waals surface area (Å²) in [6.07, 6.45) is 2.35. The van der Waals surface area contributed by atoms with Crippen molar-refractivity contribution in [1.29, 1.82) is 0 Å². The highest BCUT2D eigenvalue weighted by molar-refractivity contribution is 5.85. The first-order chi connectivity index (χ1) is 3.91. The lowest BCUT2D eigenvalue weighted by Gasteiger charge is -1.97. The molecule has 0 saturated heterocycles. The summed E-state index contributed by atoms with van der Waals surface area (Å²) in [6.45, 7) is 4.36. The normalized spacial score (nSPS) is 8.67. The van der Waals surface area contributed by atoms with Gasteiger partial charge in [-0.25, -0.2) is 0 Å². The van der Waals surface area contributed by atoms with Crippen LogP contribution in [0, 0.1) is 0 Å². The minimum absolute atomic E-state index is 0. The molecule has 2 nitrogen and oxygen atoms in total. The molecule has 0 saturated carbocycles. The highest BCUT2D eigenvalue weighted by atomic mass is 35.5. The van der Waals surface area contributed by atoms with Crippen molar-refractivity contribution in [3.05, 3.63) is 0 Å². The number of hydrogen-bond acceptors (Lipinski definition) is 2. The Kier molecular flexibility index (Phi) is 14.7. The lowest BCUT2D eigenvalue weighted by molar-refractivity contribution is 0.138. The third-order valence-electron chi connectivity index (χ3n) is 0.904. The summed E-state index contributed by atoms with van der Waals surface area (Å²) in [7, 11) is 0. The predicted octanol–water partition coefficient (Wildman–Crippen LogP) is 1.18. The molecule has 58 valence electrons. The second-order valence-electron chi connectivity index (χ2n) is 1.75. The summed E-state index contributed by atoms with van der Waals surface area (Å²) in [4.78, 5) is 0.